The number of fused-ring (bicyclic) bond motifs is 1. The molecule has 0 saturated heterocycles. The van der Waals surface area contributed by atoms with Crippen LogP contribution in [0.5, 0.6) is 0 Å². The molecule has 3 aromatic rings. The van der Waals surface area contributed by atoms with Crippen molar-refractivity contribution in [3.8, 4) is 0 Å². The molecule has 1 aromatic carbocycles. The molecule has 0 bridgehead atoms. The Kier molecular flexibility index (Phi) is 2.74. The average Bonchev–Trinajstić information content (AvgIpc) is 2.90. The second kappa shape index (κ2) is 4.42. The minimum absolute atomic E-state index is 0.543. The summed E-state index contributed by atoms with van der Waals surface area (Å²) in [6.45, 7) is 2.79. The van der Waals surface area contributed by atoms with Crippen LogP contribution in [0, 0.1) is 0 Å². The third-order valence-electron chi connectivity index (χ3n) is 3.34. The van der Waals surface area contributed by atoms with E-state index in [1.54, 1.807) is 0 Å². The molecule has 2 aromatic heterocycles. The van der Waals surface area contributed by atoms with E-state index in [9.17, 15) is 0 Å². The predicted octanol–water partition coefficient (Wildman–Crippen LogP) is 1.96. The van der Waals surface area contributed by atoms with E-state index in [4.69, 9.17) is 5.73 Å². The Morgan fingerprint density at radius 1 is 1.21 bits per heavy atom. The Bertz CT molecular complexity index is 708. The first kappa shape index (κ1) is 11.8. The van der Waals surface area contributed by atoms with Gasteiger partial charge in [-0.15, -0.1) is 0 Å². The maximum absolute atomic E-state index is 6.05. The molecule has 0 atom stereocenters. The molecular weight excluding hydrogens is 238 g/mol. The van der Waals surface area contributed by atoms with Crippen molar-refractivity contribution in [2.45, 2.75) is 19.9 Å². The van der Waals surface area contributed by atoms with Gasteiger partial charge in [-0.25, -0.2) is 4.98 Å². The van der Waals surface area contributed by atoms with Gasteiger partial charge >= 0.3 is 0 Å². The summed E-state index contributed by atoms with van der Waals surface area (Å²) in [6.07, 6.45) is 0.860. The zero-order valence-corrected chi connectivity index (χ0v) is 11.2. The lowest BCUT2D eigenvalue weighted by Crippen LogP contribution is -2.07. The van der Waals surface area contributed by atoms with Crippen molar-refractivity contribution in [3.63, 3.8) is 0 Å². The number of nitrogens with two attached hydrogens (primary N) is 1. The molecule has 5 heteroatoms. The third kappa shape index (κ3) is 1.87. The van der Waals surface area contributed by atoms with E-state index in [1.807, 2.05) is 34.5 Å². The molecule has 2 N–H and O–H groups in total. The lowest BCUT2D eigenvalue weighted by atomic mass is 10.2. The molecule has 0 aliphatic rings. The van der Waals surface area contributed by atoms with Crippen LogP contribution in [-0.2, 0) is 20.0 Å². The van der Waals surface area contributed by atoms with Crippen molar-refractivity contribution in [1.29, 1.82) is 0 Å². The molecule has 0 aliphatic carbocycles. The molecule has 5 nitrogen and oxygen atoms in total. The number of nitrogens with zero attached hydrogens (tertiary/aromatic N) is 4. The van der Waals surface area contributed by atoms with Crippen molar-refractivity contribution in [3.05, 3.63) is 41.6 Å². The van der Waals surface area contributed by atoms with E-state index >= 15 is 0 Å². The standard InChI is InChI=1S/C14H17N5/c1-3-11-12-13(18(2)17-11)19(14(15)16-12)9-10-7-5-4-6-8-10/h4-8H,3,9H2,1-2H3,(H2,15,16). The molecule has 0 amide bonds. The first-order chi connectivity index (χ1) is 9.20. The summed E-state index contributed by atoms with van der Waals surface area (Å²) >= 11 is 0. The van der Waals surface area contributed by atoms with Crippen LogP contribution in [-0.4, -0.2) is 19.3 Å². The van der Waals surface area contributed by atoms with Gasteiger partial charge in [-0.3, -0.25) is 9.25 Å². The average molecular weight is 255 g/mol. The SMILES string of the molecule is CCc1nn(C)c2c1nc(N)n2Cc1ccccc1. The quantitative estimate of drug-likeness (QED) is 0.778. The summed E-state index contributed by atoms with van der Waals surface area (Å²) in [4.78, 5) is 4.46. The minimum atomic E-state index is 0.543. The number of aryl methyl sites for hydroxylation is 2. The summed E-state index contributed by atoms with van der Waals surface area (Å²) in [6, 6.07) is 10.2. The molecule has 0 radical (unpaired) electrons. The maximum Gasteiger partial charge on any atom is 0.202 e. The minimum Gasteiger partial charge on any atom is -0.369 e. The fraction of sp³-hybridized carbons (Fsp3) is 0.286. The van der Waals surface area contributed by atoms with Gasteiger partial charge in [-0.1, -0.05) is 37.3 Å². The maximum atomic E-state index is 6.05. The van der Waals surface area contributed by atoms with Crippen LogP contribution in [0.1, 0.15) is 18.2 Å². The van der Waals surface area contributed by atoms with Crippen molar-refractivity contribution < 1.29 is 0 Å². The lowest BCUT2D eigenvalue weighted by molar-refractivity contribution is 0.719. The van der Waals surface area contributed by atoms with Gasteiger partial charge in [0.2, 0.25) is 5.95 Å². The molecule has 19 heavy (non-hydrogen) atoms. The Labute approximate surface area is 111 Å². The Balaban J connectivity index is 2.13. The molecular formula is C14H17N5. The fourth-order valence-corrected chi connectivity index (χ4v) is 2.42. The van der Waals surface area contributed by atoms with Crippen LogP contribution in [0.3, 0.4) is 0 Å². The number of rotatable bonds is 3. The van der Waals surface area contributed by atoms with E-state index in [2.05, 4.69) is 29.1 Å². The zero-order chi connectivity index (χ0) is 13.4. The van der Waals surface area contributed by atoms with Crippen LogP contribution < -0.4 is 5.73 Å². The second-order valence-electron chi connectivity index (χ2n) is 4.64. The van der Waals surface area contributed by atoms with Gasteiger partial charge in [0.05, 0.1) is 12.2 Å². The Morgan fingerprint density at radius 3 is 2.63 bits per heavy atom. The Morgan fingerprint density at radius 2 is 1.95 bits per heavy atom. The summed E-state index contributed by atoms with van der Waals surface area (Å²) in [5, 5.41) is 4.49. The van der Waals surface area contributed by atoms with Crippen LogP contribution in [0.4, 0.5) is 5.95 Å². The van der Waals surface area contributed by atoms with E-state index in [0.29, 0.717) is 12.5 Å². The van der Waals surface area contributed by atoms with Crippen LogP contribution in [0.25, 0.3) is 11.2 Å². The van der Waals surface area contributed by atoms with Crippen LogP contribution in [0.15, 0.2) is 30.3 Å². The molecule has 0 saturated carbocycles. The molecule has 2 heterocycles. The number of benzene rings is 1. The number of hydrogen-bond acceptors (Lipinski definition) is 3. The van der Waals surface area contributed by atoms with Gasteiger partial charge < -0.3 is 5.73 Å². The third-order valence-corrected chi connectivity index (χ3v) is 3.34. The van der Waals surface area contributed by atoms with Crippen molar-refractivity contribution >= 4 is 17.1 Å². The fourth-order valence-electron chi connectivity index (χ4n) is 2.42. The largest absolute Gasteiger partial charge is 0.369 e. The van der Waals surface area contributed by atoms with E-state index in [-0.39, 0.29) is 0 Å². The summed E-state index contributed by atoms with van der Waals surface area (Å²) in [7, 11) is 1.93. The van der Waals surface area contributed by atoms with Gasteiger partial charge in [0, 0.05) is 7.05 Å². The van der Waals surface area contributed by atoms with E-state index < -0.39 is 0 Å². The molecule has 3 rings (SSSR count). The number of imidazole rings is 1. The highest BCUT2D eigenvalue weighted by atomic mass is 15.3. The topological polar surface area (TPSA) is 61.7 Å². The van der Waals surface area contributed by atoms with E-state index in [1.165, 1.54) is 5.56 Å². The smallest absolute Gasteiger partial charge is 0.202 e. The monoisotopic (exact) mass is 255 g/mol. The first-order valence-corrected chi connectivity index (χ1v) is 6.42. The molecule has 0 spiro atoms. The van der Waals surface area contributed by atoms with Gasteiger partial charge in [-0.05, 0) is 12.0 Å². The predicted molar refractivity (Wildman–Crippen MR) is 75.8 cm³/mol. The summed E-state index contributed by atoms with van der Waals surface area (Å²) in [5.74, 6) is 0.543. The first-order valence-electron chi connectivity index (χ1n) is 6.42. The zero-order valence-electron chi connectivity index (χ0n) is 11.2. The Hall–Kier alpha value is -2.30. The lowest BCUT2D eigenvalue weighted by Gasteiger charge is -2.06. The number of nitrogen functional groups attached to an aromatic ring is 1. The van der Waals surface area contributed by atoms with Crippen molar-refractivity contribution in [2.75, 3.05) is 5.73 Å². The van der Waals surface area contributed by atoms with Gasteiger partial charge in [0.25, 0.3) is 0 Å². The summed E-state index contributed by atoms with van der Waals surface area (Å²) in [5.41, 5.74) is 10.1. The highest BCUT2D eigenvalue weighted by Gasteiger charge is 2.16. The highest BCUT2D eigenvalue weighted by Crippen LogP contribution is 2.22. The normalized spacial score (nSPS) is 11.3. The van der Waals surface area contributed by atoms with Crippen molar-refractivity contribution in [2.24, 2.45) is 7.05 Å². The highest BCUT2D eigenvalue weighted by molar-refractivity contribution is 5.77. The summed E-state index contributed by atoms with van der Waals surface area (Å²) < 4.78 is 3.87. The van der Waals surface area contributed by atoms with Crippen LogP contribution in [0.2, 0.25) is 0 Å². The molecule has 0 fully saturated rings. The van der Waals surface area contributed by atoms with Gasteiger partial charge in [0.1, 0.15) is 5.52 Å². The molecule has 0 unspecified atom stereocenters. The van der Waals surface area contributed by atoms with Gasteiger partial charge in [-0.2, -0.15) is 5.10 Å². The molecule has 0 aliphatic heterocycles. The van der Waals surface area contributed by atoms with Gasteiger partial charge in [0.15, 0.2) is 5.65 Å². The van der Waals surface area contributed by atoms with Crippen LogP contribution >= 0.6 is 0 Å². The van der Waals surface area contributed by atoms with E-state index in [0.717, 1.165) is 23.3 Å². The number of anilines is 1. The second-order valence-corrected chi connectivity index (χ2v) is 4.64. The van der Waals surface area contributed by atoms with Crippen molar-refractivity contribution in [1.82, 2.24) is 19.3 Å². The molecule has 98 valence electrons. The number of aromatic nitrogens is 4. The number of hydrogen-bond donors (Lipinski definition) is 1.